The molecule has 0 aliphatic heterocycles. The second kappa shape index (κ2) is 31.2. The molecule has 1 aromatic heterocycles. The third kappa shape index (κ3) is 22.5. The molecule has 0 amide bonds. The number of rotatable bonds is 8. The molecular formula is C38H62N6. The van der Waals surface area contributed by atoms with E-state index in [1.807, 2.05) is 18.2 Å². The molecule has 1 aromatic carbocycles. The van der Waals surface area contributed by atoms with E-state index in [-0.39, 0.29) is 32.0 Å². The molecule has 0 fully saturated rings. The summed E-state index contributed by atoms with van der Waals surface area (Å²) in [5, 5.41) is 0. The molecule has 44 heavy (non-hydrogen) atoms. The first-order valence-electron chi connectivity index (χ1n) is 13.0. The fraction of sp³-hybridized carbons (Fsp3) is 0.316. The largest absolute Gasteiger partial charge is 0.399 e. The van der Waals surface area contributed by atoms with E-state index in [0.717, 1.165) is 29.6 Å². The normalized spacial score (nSPS) is 7.00. The van der Waals surface area contributed by atoms with E-state index in [1.165, 1.54) is 49.9 Å². The van der Waals surface area contributed by atoms with Crippen molar-refractivity contribution in [2.45, 2.75) is 80.1 Å². The average molecular weight is 603 g/mol. The predicted octanol–water partition coefficient (Wildman–Crippen LogP) is 10.1. The van der Waals surface area contributed by atoms with Crippen LogP contribution in [0.25, 0.3) is 21.5 Å². The number of nitrogens with zero attached hydrogens (tertiary/aromatic N) is 4. The van der Waals surface area contributed by atoms with Crippen LogP contribution in [0.4, 0.5) is 5.69 Å². The van der Waals surface area contributed by atoms with E-state index in [1.54, 1.807) is 4.91 Å². The summed E-state index contributed by atoms with van der Waals surface area (Å²) in [5.74, 6) is 38.2. The van der Waals surface area contributed by atoms with Crippen molar-refractivity contribution in [3.63, 3.8) is 0 Å². The lowest BCUT2D eigenvalue weighted by Crippen LogP contribution is -2.03. The Morgan fingerprint density at radius 2 is 1.07 bits per heavy atom. The summed E-state index contributed by atoms with van der Waals surface area (Å²) >= 11 is 0. The minimum absolute atomic E-state index is 0. The van der Waals surface area contributed by atoms with Crippen LogP contribution >= 0.6 is 0 Å². The zero-order chi connectivity index (χ0) is 31.1. The summed E-state index contributed by atoms with van der Waals surface area (Å²) in [6.07, 6.45) is 19.3. The van der Waals surface area contributed by atoms with Gasteiger partial charge in [0.25, 0.3) is 0 Å². The number of terminal acetylenes is 2. The fourth-order valence-corrected chi connectivity index (χ4v) is 3.06. The van der Waals surface area contributed by atoms with Gasteiger partial charge >= 0.3 is 0 Å². The molecule has 3 N–H and O–H groups in total. The molecule has 0 aliphatic rings. The molecule has 0 radical (unpaired) electrons. The molecule has 244 valence electrons. The van der Waals surface area contributed by atoms with E-state index in [0.29, 0.717) is 0 Å². The van der Waals surface area contributed by atoms with Crippen LogP contribution in [0.1, 0.15) is 95.7 Å². The topological polar surface area (TPSA) is 112 Å². The molecule has 0 spiro atoms. The van der Waals surface area contributed by atoms with E-state index >= 15 is 0 Å². The second-order valence-electron chi connectivity index (χ2n) is 7.92. The molecule has 2 rings (SSSR count). The summed E-state index contributed by atoms with van der Waals surface area (Å²) in [6.45, 7) is 4.46. The summed E-state index contributed by atoms with van der Waals surface area (Å²) < 4.78 is 0. The van der Waals surface area contributed by atoms with Crippen LogP contribution in [-0.4, -0.2) is 9.97 Å². The Labute approximate surface area is 283 Å². The van der Waals surface area contributed by atoms with Crippen molar-refractivity contribution in [3.05, 3.63) is 40.0 Å². The predicted molar refractivity (Wildman–Crippen MR) is 211 cm³/mol. The van der Waals surface area contributed by atoms with Gasteiger partial charge in [0.2, 0.25) is 0 Å². The van der Waals surface area contributed by atoms with Crippen LogP contribution in [0.5, 0.6) is 0 Å². The highest BCUT2D eigenvalue weighted by atomic mass is 15.0. The summed E-state index contributed by atoms with van der Waals surface area (Å²) in [5.41, 5.74) is 23.1. The minimum atomic E-state index is 0. The first-order chi connectivity index (χ1) is 20.6. The molecule has 0 saturated carbocycles. The number of hydrogen-bond donors (Lipinski definition) is 2. The van der Waals surface area contributed by atoms with Gasteiger partial charge in [0, 0.05) is 22.8 Å². The molecule has 0 aliphatic carbocycles. The van der Waals surface area contributed by atoms with E-state index in [2.05, 4.69) is 109 Å². The van der Waals surface area contributed by atoms with E-state index in [4.69, 9.17) is 39.6 Å². The van der Waals surface area contributed by atoms with Gasteiger partial charge in [-0.1, -0.05) is 54.4 Å². The maximum atomic E-state index is 6.86. The number of unbranched alkanes of at least 4 members (excludes halogenated alkanes) is 4. The van der Waals surface area contributed by atoms with Gasteiger partial charge in [0.15, 0.2) is 0 Å². The van der Waals surface area contributed by atoms with Crippen molar-refractivity contribution >= 4 is 16.7 Å². The molecule has 0 saturated heterocycles. The van der Waals surface area contributed by atoms with Gasteiger partial charge in [-0.15, -0.1) is 18.4 Å². The van der Waals surface area contributed by atoms with E-state index in [9.17, 15) is 0 Å². The lowest BCUT2D eigenvalue weighted by Gasteiger charge is -2.10. The smallest absolute Gasteiger partial charge is 0.0910 e. The average Bonchev–Trinajstić information content (AvgIpc) is 2.99. The number of aromatic nitrogens is 2. The van der Waals surface area contributed by atoms with Crippen LogP contribution in [0.2, 0.25) is 0 Å². The Balaban J connectivity index is -0.0000000351. The number of nitrogen functional groups attached to an aromatic ring is 1. The molecular weight excluding hydrogens is 540 g/mol. The summed E-state index contributed by atoms with van der Waals surface area (Å²) in [4.78, 5) is 11.4. The molecule has 0 unspecified atom stereocenters. The van der Waals surface area contributed by atoms with Crippen molar-refractivity contribution in [3.8, 4) is 108 Å². The van der Waals surface area contributed by atoms with Gasteiger partial charge in [-0.3, -0.25) is 0 Å². The Kier molecular flexibility index (Phi) is 29.9. The highest BCUT2D eigenvalue weighted by Gasteiger charge is 2.09. The maximum Gasteiger partial charge on any atom is 0.0910 e. The molecule has 2 aromatic rings. The first-order valence-corrected chi connectivity index (χ1v) is 13.0. The SMILES string of the molecule is C.C.C#CC#CC#CC#CC#CC#CC#CC#CC#C.CCCCCCc1nc2cc(N)ccc2nc1CCCC.[HH].[HH].[HH].[HH].[HH].[HH].[HH].[HH].[HH].[HH].[HH].[HH].[N-]=[N+]=N. The third-order valence-electron chi connectivity index (χ3n) is 4.83. The van der Waals surface area contributed by atoms with Gasteiger partial charge in [-0.05, 0) is 149 Å². The minimum Gasteiger partial charge on any atom is -0.399 e. The maximum absolute atomic E-state index is 6.86. The second-order valence-corrected chi connectivity index (χ2v) is 7.92. The quantitative estimate of drug-likeness (QED) is 0.0782. The lowest BCUT2D eigenvalue weighted by molar-refractivity contribution is 0.653. The van der Waals surface area contributed by atoms with Crippen molar-refractivity contribution in [1.29, 1.82) is 5.53 Å². The van der Waals surface area contributed by atoms with Gasteiger partial charge in [-0.2, -0.15) is 0 Å². The molecule has 1 heterocycles. The van der Waals surface area contributed by atoms with Crippen LogP contribution in [-0.2, 0) is 12.8 Å². The highest BCUT2D eigenvalue weighted by molar-refractivity contribution is 5.78. The van der Waals surface area contributed by atoms with Crippen molar-refractivity contribution in [1.82, 2.24) is 9.97 Å². The molecule has 0 bridgehead atoms. The van der Waals surface area contributed by atoms with Crippen LogP contribution in [0.3, 0.4) is 0 Å². The van der Waals surface area contributed by atoms with Crippen molar-refractivity contribution in [2.75, 3.05) is 5.73 Å². The van der Waals surface area contributed by atoms with Crippen LogP contribution in [0, 0.1) is 113 Å². The van der Waals surface area contributed by atoms with Crippen molar-refractivity contribution < 1.29 is 17.1 Å². The number of anilines is 1. The number of benzene rings is 1. The van der Waals surface area contributed by atoms with Gasteiger partial charge in [-0.25, -0.2) is 9.97 Å². The number of nitrogens with two attached hydrogens (primary N) is 1. The first kappa shape index (κ1) is 42.2. The lowest BCUT2D eigenvalue weighted by atomic mass is 10.1. The Hall–Kier alpha value is -6.29. The Morgan fingerprint density at radius 1 is 0.682 bits per heavy atom. The van der Waals surface area contributed by atoms with Crippen molar-refractivity contribution in [2.24, 2.45) is 0 Å². The van der Waals surface area contributed by atoms with Crippen LogP contribution in [0.15, 0.2) is 18.2 Å². The molecule has 6 nitrogen and oxygen atoms in total. The number of aryl methyl sites for hydroxylation is 2. The zero-order valence-electron chi connectivity index (χ0n) is 23.9. The molecule has 6 heteroatoms. The molecule has 0 atom stereocenters. The van der Waals surface area contributed by atoms with Crippen LogP contribution < -0.4 is 5.73 Å². The van der Waals surface area contributed by atoms with Gasteiger partial charge in [0.05, 0.1) is 22.4 Å². The monoisotopic (exact) mass is 603 g/mol. The number of nitrogens with one attached hydrogen (secondary N) is 1. The Bertz CT molecular complexity index is 1720. The Morgan fingerprint density at radius 3 is 1.48 bits per heavy atom. The fourth-order valence-electron chi connectivity index (χ4n) is 3.06. The van der Waals surface area contributed by atoms with E-state index < -0.39 is 0 Å². The van der Waals surface area contributed by atoms with Gasteiger partial charge < -0.3 is 5.73 Å². The standard InChI is InChI=1S/C18H27N3.C18H2.2CH4.HN3.12H2/c1-3-5-7-8-10-16-15(9-6-4-2)20-17-12-11-14(19)13-18(17)21-16;1-3-5-7-9-11-13-15-17-18-16-14-12-10-8-6-4-2;;;1-3-2;;;;;;;;;;;;/h11-13H,3-10,19H2,1-2H3;1-2H;2*1H4;1H;12*1H. The third-order valence-corrected chi connectivity index (χ3v) is 4.83. The summed E-state index contributed by atoms with van der Waals surface area (Å²) in [6, 6.07) is 5.82. The number of fused-ring (bicyclic) bond motifs is 1. The van der Waals surface area contributed by atoms with Gasteiger partial charge in [0.1, 0.15) is 0 Å². The zero-order valence-corrected chi connectivity index (χ0v) is 23.9. The number of hydrogen-bond acceptors (Lipinski definition) is 4. The highest BCUT2D eigenvalue weighted by Crippen LogP contribution is 2.19. The summed E-state index contributed by atoms with van der Waals surface area (Å²) in [7, 11) is 0.